The molecule has 1 aromatic carbocycles. The molecule has 0 N–H and O–H groups in total. The third-order valence-corrected chi connectivity index (χ3v) is 5.68. The Morgan fingerprint density at radius 2 is 1.89 bits per heavy atom. The number of aryl methyl sites for hydroxylation is 2. The van der Waals surface area contributed by atoms with Gasteiger partial charge in [0.15, 0.2) is 9.84 Å². The lowest BCUT2D eigenvalue weighted by molar-refractivity contribution is -0.147. The number of aromatic nitrogens is 2. The van der Waals surface area contributed by atoms with Crippen LogP contribution in [-0.4, -0.2) is 43.0 Å². The van der Waals surface area contributed by atoms with E-state index in [0.717, 1.165) is 6.26 Å². The SMILES string of the molecule is CC(=O)OCOc1c(C(=O)c2cc(C)c(S(C)(=O)=O)c(C)c2Cl)cnn1C. The second-order valence-corrected chi connectivity index (χ2v) is 8.33. The second kappa shape index (κ2) is 7.69. The van der Waals surface area contributed by atoms with Crippen LogP contribution in [0.1, 0.15) is 34.0 Å². The van der Waals surface area contributed by atoms with Crippen molar-refractivity contribution in [1.82, 2.24) is 9.78 Å². The first-order chi connectivity index (χ1) is 12.4. The Labute approximate surface area is 161 Å². The van der Waals surface area contributed by atoms with Crippen LogP contribution in [-0.2, 0) is 26.4 Å². The third kappa shape index (κ3) is 4.30. The van der Waals surface area contributed by atoms with Crippen LogP contribution in [0.2, 0.25) is 5.02 Å². The van der Waals surface area contributed by atoms with Gasteiger partial charge in [-0.15, -0.1) is 0 Å². The maximum atomic E-state index is 13.0. The van der Waals surface area contributed by atoms with Gasteiger partial charge in [0.05, 0.1) is 16.1 Å². The number of carbonyl (C=O) groups excluding carboxylic acids is 2. The number of hydrogen-bond acceptors (Lipinski definition) is 7. The van der Waals surface area contributed by atoms with Crippen LogP contribution in [0.4, 0.5) is 0 Å². The van der Waals surface area contributed by atoms with Crippen molar-refractivity contribution < 1.29 is 27.5 Å². The van der Waals surface area contributed by atoms with Crippen LogP contribution in [0.3, 0.4) is 0 Å². The van der Waals surface area contributed by atoms with Crippen LogP contribution in [0.15, 0.2) is 17.2 Å². The Morgan fingerprint density at radius 1 is 1.26 bits per heavy atom. The smallest absolute Gasteiger partial charge is 0.305 e. The number of benzene rings is 1. The highest BCUT2D eigenvalue weighted by molar-refractivity contribution is 7.90. The van der Waals surface area contributed by atoms with Gasteiger partial charge in [0.2, 0.25) is 18.5 Å². The average Bonchev–Trinajstić information content (AvgIpc) is 2.90. The lowest BCUT2D eigenvalue weighted by Crippen LogP contribution is -2.13. The number of halogens is 1. The van der Waals surface area contributed by atoms with Gasteiger partial charge >= 0.3 is 5.97 Å². The van der Waals surface area contributed by atoms with Gasteiger partial charge in [0.25, 0.3) is 0 Å². The predicted molar refractivity (Wildman–Crippen MR) is 97.9 cm³/mol. The number of ketones is 1. The molecular formula is C17H19ClN2O6S. The molecule has 0 aliphatic heterocycles. The first-order valence-electron chi connectivity index (χ1n) is 7.77. The number of esters is 1. The number of hydrogen-bond donors (Lipinski definition) is 0. The molecule has 2 aromatic rings. The molecule has 2 rings (SSSR count). The summed E-state index contributed by atoms with van der Waals surface area (Å²) in [6.45, 7) is 3.99. The molecule has 8 nitrogen and oxygen atoms in total. The van der Waals surface area contributed by atoms with E-state index < -0.39 is 21.6 Å². The minimum atomic E-state index is -3.50. The van der Waals surface area contributed by atoms with Crippen LogP contribution in [0, 0.1) is 13.8 Å². The van der Waals surface area contributed by atoms with Crippen molar-refractivity contribution in [1.29, 1.82) is 0 Å². The Bertz CT molecular complexity index is 1030. The lowest BCUT2D eigenvalue weighted by atomic mass is 10.0. The van der Waals surface area contributed by atoms with Gasteiger partial charge < -0.3 is 9.47 Å². The van der Waals surface area contributed by atoms with Crippen molar-refractivity contribution in [3.63, 3.8) is 0 Å². The van der Waals surface area contributed by atoms with Gasteiger partial charge in [-0.25, -0.2) is 13.1 Å². The van der Waals surface area contributed by atoms with Gasteiger partial charge in [-0.2, -0.15) is 5.10 Å². The molecule has 1 heterocycles. The quantitative estimate of drug-likeness (QED) is 0.405. The summed E-state index contributed by atoms with van der Waals surface area (Å²) >= 11 is 6.30. The molecule has 0 spiro atoms. The van der Waals surface area contributed by atoms with Gasteiger partial charge in [0.1, 0.15) is 5.56 Å². The van der Waals surface area contributed by atoms with Crippen molar-refractivity contribution in [2.24, 2.45) is 7.05 Å². The van der Waals surface area contributed by atoms with E-state index in [2.05, 4.69) is 5.10 Å². The van der Waals surface area contributed by atoms with Crippen LogP contribution < -0.4 is 4.74 Å². The predicted octanol–water partition coefficient (Wildman–Crippen LogP) is 2.22. The highest BCUT2D eigenvalue weighted by atomic mass is 35.5. The van der Waals surface area contributed by atoms with Crippen LogP contribution in [0.5, 0.6) is 5.88 Å². The number of ether oxygens (including phenoxy) is 2. The first kappa shape index (κ1) is 20.9. The minimum Gasteiger partial charge on any atom is -0.440 e. The number of rotatable bonds is 6. The number of sulfone groups is 1. The largest absolute Gasteiger partial charge is 0.440 e. The van der Waals surface area contributed by atoms with E-state index in [1.54, 1.807) is 20.9 Å². The van der Waals surface area contributed by atoms with Crippen molar-refractivity contribution in [3.05, 3.63) is 39.5 Å². The number of carbonyl (C=O) groups is 2. The monoisotopic (exact) mass is 414 g/mol. The van der Waals surface area contributed by atoms with E-state index in [4.69, 9.17) is 21.1 Å². The molecule has 27 heavy (non-hydrogen) atoms. The molecule has 0 aliphatic rings. The molecule has 146 valence electrons. The van der Waals surface area contributed by atoms with E-state index in [1.807, 2.05) is 0 Å². The van der Waals surface area contributed by atoms with Crippen molar-refractivity contribution in [3.8, 4) is 5.88 Å². The fraction of sp³-hybridized carbons (Fsp3) is 0.353. The van der Waals surface area contributed by atoms with Crippen LogP contribution in [0.25, 0.3) is 0 Å². The standard InChI is InChI=1S/C17H19ClN2O6S/c1-9-6-12(14(18)10(2)16(9)27(5,23)24)15(22)13-7-19-20(4)17(13)26-8-25-11(3)21/h6-7H,8H2,1-5H3. The summed E-state index contributed by atoms with van der Waals surface area (Å²) in [7, 11) is -1.94. The number of nitrogens with zero attached hydrogens (tertiary/aromatic N) is 2. The molecule has 0 aliphatic carbocycles. The van der Waals surface area contributed by atoms with E-state index in [1.165, 1.54) is 23.9 Å². The molecule has 0 radical (unpaired) electrons. The summed E-state index contributed by atoms with van der Waals surface area (Å²) in [6.07, 6.45) is 2.39. The van der Waals surface area contributed by atoms with E-state index >= 15 is 0 Å². The summed E-state index contributed by atoms with van der Waals surface area (Å²) in [6, 6.07) is 1.43. The maximum Gasteiger partial charge on any atom is 0.305 e. The molecule has 0 amide bonds. The summed E-state index contributed by atoms with van der Waals surface area (Å²) in [4.78, 5) is 24.0. The Hall–Kier alpha value is -2.39. The van der Waals surface area contributed by atoms with Crippen LogP contribution >= 0.6 is 11.6 Å². The molecule has 0 saturated heterocycles. The highest BCUT2D eigenvalue weighted by Crippen LogP contribution is 2.33. The zero-order valence-corrected chi connectivity index (χ0v) is 17.1. The van der Waals surface area contributed by atoms with Gasteiger partial charge in [-0.3, -0.25) is 9.59 Å². The molecule has 0 saturated carbocycles. The highest BCUT2D eigenvalue weighted by Gasteiger charge is 2.26. The maximum absolute atomic E-state index is 13.0. The summed E-state index contributed by atoms with van der Waals surface area (Å²) < 4.78 is 35.4. The molecule has 10 heteroatoms. The van der Waals surface area contributed by atoms with E-state index in [9.17, 15) is 18.0 Å². The Balaban J connectivity index is 2.50. The van der Waals surface area contributed by atoms with Crippen molar-refractivity contribution >= 4 is 33.2 Å². The topological polar surface area (TPSA) is 105 Å². The Kier molecular flexibility index (Phi) is 5.96. The summed E-state index contributed by atoms with van der Waals surface area (Å²) in [5.41, 5.74) is 0.949. The molecule has 0 fully saturated rings. The van der Waals surface area contributed by atoms with Gasteiger partial charge in [-0.1, -0.05) is 11.6 Å². The Morgan fingerprint density at radius 3 is 2.44 bits per heavy atom. The minimum absolute atomic E-state index is 0.0424. The molecule has 0 bridgehead atoms. The van der Waals surface area contributed by atoms with Gasteiger partial charge in [-0.05, 0) is 31.0 Å². The summed E-state index contributed by atoms with van der Waals surface area (Å²) in [5, 5.41) is 4.03. The average molecular weight is 415 g/mol. The van der Waals surface area contributed by atoms with Crippen molar-refractivity contribution in [2.45, 2.75) is 25.7 Å². The second-order valence-electron chi connectivity index (χ2n) is 6.00. The molecule has 1 aromatic heterocycles. The normalized spacial score (nSPS) is 11.3. The molecule has 0 unspecified atom stereocenters. The molecule has 0 atom stereocenters. The summed E-state index contributed by atoms with van der Waals surface area (Å²) in [5.74, 6) is -0.923. The lowest BCUT2D eigenvalue weighted by Gasteiger charge is -2.14. The zero-order chi connectivity index (χ0) is 20.5. The molecular weight excluding hydrogens is 396 g/mol. The van der Waals surface area contributed by atoms with E-state index in [0.29, 0.717) is 11.1 Å². The fourth-order valence-corrected chi connectivity index (χ4v) is 4.34. The van der Waals surface area contributed by atoms with E-state index in [-0.39, 0.29) is 33.7 Å². The van der Waals surface area contributed by atoms with Crippen molar-refractivity contribution in [2.75, 3.05) is 13.0 Å². The third-order valence-electron chi connectivity index (χ3n) is 3.83. The first-order valence-corrected chi connectivity index (χ1v) is 10.0. The zero-order valence-electron chi connectivity index (χ0n) is 15.5. The van der Waals surface area contributed by atoms with Gasteiger partial charge in [0, 0.05) is 25.8 Å². The fourth-order valence-electron chi connectivity index (χ4n) is 2.75.